The maximum atomic E-state index is 11.4. The molecule has 1 aromatic carbocycles. The number of aryl methyl sites for hydroxylation is 1. The summed E-state index contributed by atoms with van der Waals surface area (Å²) in [4.78, 5) is 12.5. The van der Waals surface area contributed by atoms with E-state index in [-0.39, 0.29) is 5.91 Å². The number of amides is 1. The molecule has 0 unspecified atom stereocenters. The van der Waals surface area contributed by atoms with Crippen molar-refractivity contribution in [3.8, 4) is 5.75 Å². The topological polar surface area (TPSA) is 38.3 Å². The van der Waals surface area contributed by atoms with Crippen LogP contribution in [0.5, 0.6) is 5.75 Å². The van der Waals surface area contributed by atoms with E-state index >= 15 is 0 Å². The van der Waals surface area contributed by atoms with Crippen LogP contribution in [0.1, 0.15) is 16.9 Å². The lowest BCUT2D eigenvalue weighted by Gasteiger charge is -2.17. The van der Waals surface area contributed by atoms with Crippen LogP contribution >= 0.6 is 27.3 Å². The Bertz CT molecular complexity index is 624. The lowest BCUT2D eigenvalue weighted by atomic mass is 10.0. The molecule has 2 aromatic rings. The highest BCUT2D eigenvalue weighted by atomic mass is 79.9. The lowest BCUT2D eigenvalue weighted by molar-refractivity contribution is -0.116. The Labute approximate surface area is 123 Å². The third kappa shape index (κ3) is 2.98. The smallest absolute Gasteiger partial charge is 0.224 e. The number of hydrogen-bond donors (Lipinski definition) is 1. The largest absolute Gasteiger partial charge is 0.488 e. The molecule has 0 saturated heterocycles. The fraction of sp³-hybridized carbons (Fsp3) is 0.214. The number of fused-ring (bicyclic) bond motifs is 1. The van der Waals surface area contributed by atoms with Crippen LogP contribution in [0.15, 0.2) is 34.1 Å². The van der Waals surface area contributed by atoms with Gasteiger partial charge in [-0.05, 0) is 40.0 Å². The van der Waals surface area contributed by atoms with Gasteiger partial charge >= 0.3 is 0 Å². The fourth-order valence-corrected chi connectivity index (χ4v) is 3.39. The van der Waals surface area contributed by atoms with E-state index in [1.807, 2.05) is 29.6 Å². The minimum absolute atomic E-state index is 0.0758. The van der Waals surface area contributed by atoms with Crippen LogP contribution in [0, 0.1) is 0 Å². The number of carbonyl (C=O) groups excluding carboxylic acids is 1. The van der Waals surface area contributed by atoms with Gasteiger partial charge in [-0.1, -0.05) is 6.07 Å². The van der Waals surface area contributed by atoms with Crippen molar-refractivity contribution >= 4 is 38.9 Å². The zero-order valence-corrected chi connectivity index (χ0v) is 12.5. The van der Waals surface area contributed by atoms with Gasteiger partial charge in [0, 0.05) is 32.9 Å². The molecule has 1 amide bonds. The molecule has 3 rings (SSSR count). The van der Waals surface area contributed by atoms with Crippen LogP contribution in [0.2, 0.25) is 0 Å². The molecule has 0 atom stereocenters. The molecule has 1 aromatic heterocycles. The summed E-state index contributed by atoms with van der Waals surface area (Å²) in [6.07, 6.45) is 1.37. The van der Waals surface area contributed by atoms with E-state index in [9.17, 15) is 4.79 Å². The summed E-state index contributed by atoms with van der Waals surface area (Å²) in [5.74, 6) is 0.859. The summed E-state index contributed by atoms with van der Waals surface area (Å²) in [5.41, 5.74) is 2.05. The molecular weight excluding hydrogens is 326 g/mol. The molecule has 19 heavy (non-hydrogen) atoms. The molecule has 2 heterocycles. The Morgan fingerprint density at radius 3 is 3.00 bits per heavy atom. The monoisotopic (exact) mass is 337 g/mol. The first-order valence-electron chi connectivity index (χ1n) is 5.99. The summed E-state index contributed by atoms with van der Waals surface area (Å²) in [7, 11) is 0. The highest BCUT2D eigenvalue weighted by molar-refractivity contribution is 9.10. The quantitative estimate of drug-likeness (QED) is 0.920. The Hall–Kier alpha value is -1.33. The number of hydrogen-bond acceptors (Lipinski definition) is 3. The van der Waals surface area contributed by atoms with Gasteiger partial charge in [0.15, 0.2) is 0 Å². The summed E-state index contributed by atoms with van der Waals surface area (Å²) in [6.45, 7) is 0.545. The number of benzene rings is 1. The Morgan fingerprint density at radius 2 is 2.21 bits per heavy atom. The van der Waals surface area contributed by atoms with E-state index in [4.69, 9.17) is 4.74 Å². The van der Waals surface area contributed by atoms with Crippen LogP contribution in [-0.4, -0.2) is 5.91 Å². The molecule has 1 aliphatic rings. The van der Waals surface area contributed by atoms with Crippen LogP contribution in [-0.2, 0) is 17.8 Å². The van der Waals surface area contributed by atoms with E-state index in [0.717, 1.165) is 27.2 Å². The molecule has 5 heteroatoms. The number of ether oxygens (including phenoxy) is 1. The van der Waals surface area contributed by atoms with Gasteiger partial charge in [-0.2, -0.15) is 0 Å². The van der Waals surface area contributed by atoms with Crippen molar-refractivity contribution in [3.63, 3.8) is 0 Å². The summed E-state index contributed by atoms with van der Waals surface area (Å²) in [5, 5.41) is 4.91. The molecule has 0 aliphatic carbocycles. The van der Waals surface area contributed by atoms with Crippen molar-refractivity contribution < 1.29 is 9.53 Å². The molecule has 0 fully saturated rings. The molecule has 0 saturated carbocycles. The van der Waals surface area contributed by atoms with Gasteiger partial charge in [-0.25, -0.2) is 0 Å². The normalized spacial score (nSPS) is 13.8. The summed E-state index contributed by atoms with van der Waals surface area (Å²) >= 11 is 5.08. The molecule has 0 bridgehead atoms. The number of carbonyl (C=O) groups is 1. The van der Waals surface area contributed by atoms with Gasteiger partial charge in [0.2, 0.25) is 5.91 Å². The maximum absolute atomic E-state index is 11.4. The van der Waals surface area contributed by atoms with Crippen LogP contribution in [0.3, 0.4) is 0 Å². The summed E-state index contributed by atoms with van der Waals surface area (Å²) in [6, 6.07) is 7.92. The van der Waals surface area contributed by atoms with E-state index in [1.54, 1.807) is 11.3 Å². The molecule has 1 N–H and O–H groups in total. The summed E-state index contributed by atoms with van der Waals surface area (Å²) < 4.78 is 6.82. The average Bonchev–Trinajstić information content (AvgIpc) is 2.81. The second-order valence-corrected chi connectivity index (χ2v) is 6.30. The predicted molar refractivity (Wildman–Crippen MR) is 79.7 cm³/mol. The maximum Gasteiger partial charge on any atom is 0.224 e. The number of anilines is 1. The lowest BCUT2D eigenvalue weighted by Crippen LogP contribution is -2.18. The van der Waals surface area contributed by atoms with E-state index < -0.39 is 0 Å². The Balaban J connectivity index is 1.71. The second kappa shape index (κ2) is 5.35. The molecule has 1 aliphatic heterocycles. The van der Waals surface area contributed by atoms with Crippen molar-refractivity contribution in [2.24, 2.45) is 0 Å². The van der Waals surface area contributed by atoms with E-state index in [2.05, 4.69) is 21.2 Å². The number of thiophene rings is 1. The Morgan fingerprint density at radius 1 is 1.32 bits per heavy atom. The van der Waals surface area contributed by atoms with E-state index in [0.29, 0.717) is 13.0 Å². The van der Waals surface area contributed by atoms with Crippen molar-refractivity contribution in [3.05, 3.63) is 44.6 Å². The number of nitrogens with one attached hydrogen (secondary N) is 1. The van der Waals surface area contributed by atoms with Crippen molar-refractivity contribution in [2.45, 2.75) is 19.4 Å². The Kier molecular flexibility index (Phi) is 3.57. The molecule has 98 valence electrons. The molecule has 0 radical (unpaired) electrons. The first-order valence-corrected chi connectivity index (χ1v) is 7.66. The zero-order chi connectivity index (χ0) is 13.2. The van der Waals surface area contributed by atoms with Gasteiger partial charge in [0.25, 0.3) is 0 Å². The third-order valence-corrected chi connectivity index (χ3v) is 4.65. The standard InChI is InChI=1S/C14H12BrNO2S/c15-10-5-12(19-8-10)7-18-11-3-1-9-2-4-14(17)16-13(9)6-11/h1,3,5-6,8H,2,4,7H2,(H,16,17). The van der Waals surface area contributed by atoms with Crippen molar-refractivity contribution in [1.82, 2.24) is 0 Å². The van der Waals surface area contributed by atoms with Gasteiger partial charge in [-0.15, -0.1) is 11.3 Å². The van der Waals surface area contributed by atoms with Gasteiger partial charge in [0.05, 0.1) is 0 Å². The molecular formula is C14H12BrNO2S. The second-order valence-electron chi connectivity index (χ2n) is 4.39. The van der Waals surface area contributed by atoms with Gasteiger partial charge < -0.3 is 10.1 Å². The molecule has 3 nitrogen and oxygen atoms in total. The minimum Gasteiger partial charge on any atom is -0.488 e. The van der Waals surface area contributed by atoms with Gasteiger partial charge in [0.1, 0.15) is 12.4 Å². The molecule has 0 spiro atoms. The SMILES string of the molecule is O=C1CCc2ccc(OCc3cc(Br)cs3)cc2N1. The minimum atomic E-state index is 0.0758. The average molecular weight is 338 g/mol. The predicted octanol–water partition coefficient (Wildman–Crippen LogP) is 3.97. The number of halogens is 1. The highest BCUT2D eigenvalue weighted by Gasteiger charge is 2.15. The third-order valence-electron chi connectivity index (χ3n) is 2.98. The first-order chi connectivity index (χ1) is 9.20. The highest BCUT2D eigenvalue weighted by Crippen LogP contribution is 2.28. The van der Waals surface area contributed by atoms with Crippen LogP contribution in [0.4, 0.5) is 5.69 Å². The zero-order valence-electron chi connectivity index (χ0n) is 10.1. The van der Waals surface area contributed by atoms with Crippen LogP contribution < -0.4 is 10.1 Å². The van der Waals surface area contributed by atoms with Gasteiger partial charge in [-0.3, -0.25) is 4.79 Å². The van der Waals surface area contributed by atoms with Crippen LogP contribution in [0.25, 0.3) is 0 Å². The fourth-order valence-electron chi connectivity index (χ4n) is 2.02. The number of rotatable bonds is 3. The first kappa shape index (κ1) is 12.7. The van der Waals surface area contributed by atoms with E-state index in [1.165, 1.54) is 5.56 Å². The van der Waals surface area contributed by atoms with Crippen molar-refractivity contribution in [1.29, 1.82) is 0 Å². The van der Waals surface area contributed by atoms with Crippen molar-refractivity contribution in [2.75, 3.05) is 5.32 Å².